The number of nitriles is 1. The van der Waals surface area contributed by atoms with Crippen molar-refractivity contribution in [2.75, 3.05) is 6.61 Å². The van der Waals surface area contributed by atoms with E-state index in [1.807, 2.05) is 6.07 Å². The second-order valence-corrected chi connectivity index (χ2v) is 7.64. The van der Waals surface area contributed by atoms with Crippen molar-refractivity contribution < 1.29 is 19.4 Å². The predicted molar refractivity (Wildman–Crippen MR) is 114 cm³/mol. The van der Waals surface area contributed by atoms with Gasteiger partial charge in [0.15, 0.2) is 6.61 Å². The molecule has 1 amide bonds. The van der Waals surface area contributed by atoms with Gasteiger partial charge in [0, 0.05) is 10.9 Å². The summed E-state index contributed by atoms with van der Waals surface area (Å²) in [6, 6.07) is 17.5. The van der Waals surface area contributed by atoms with Crippen LogP contribution in [0.25, 0.3) is 22.2 Å². The van der Waals surface area contributed by atoms with Crippen LogP contribution in [0.4, 0.5) is 0 Å². The smallest absolute Gasteiger partial charge is 0.339 e. The van der Waals surface area contributed by atoms with E-state index in [-0.39, 0.29) is 11.3 Å². The molecule has 2 N–H and O–H groups in total. The number of carbonyl (C=O) groups is 2. The Morgan fingerprint density at radius 3 is 2.55 bits per heavy atom. The second-order valence-electron chi connectivity index (χ2n) is 7.64. The van der Waals surface area contributed by atoms with Crippen LogP contribution in [0.15, 0.2) is 54.6 Å². The van der Waals surface area contributed by atoms with Gasteiger partial charge in [-0.2, -0.15) is 5.26 Å². The number of phenolic OH excluding ortho intramolecular Hbond substituents is 1. The SMILES string of the molecule is N#CC1(NC(=O)COC(=O)c2cc(-c3ccc(O)cc3)nc3ccccc23)CCCC1. The zero-order chi connectivity index (χ0) is 21.8. The number of phenols is 1. The Kier molecular flexibility index (Phi) is 5.54. The van der Waals surface area contributed by atoms with Gasteiger partial charge in [-0.25, -0.2) is 9.78 Å². The number of nitrogens with one attached hydrogen (secondary N) is 1. The molecular weight excluding hydrogens is 394 g/mol. The first-order valence-electron chi connectivity index (χ1n) is 10.1. The summed E-state index contributed by atoms with van der Waals surface area (Å²) in [7, 11) is 0. The number of pyridine rings is 1. The van der Waals surface area contributed by atoms with Crippen LogP contribution in [0, 0.1) is 11.3 Å². The number of hydrogen-bond acceptors (Lipinski definition) is 6. The van der Waals surface area contributed by atoms with Gasteiger partial charge in [-0.1, -0.05) is 18.2 Å². The molecule has 0 bridgehead atoms. The van der Waals surface area contributed by atoms with Crippen LogP contribution >= 0.6 is 0 Å². The Bertz CT molecular complexity index is 1180. The van der Waals surface area contributed by atoms with Gasteiger partial charge in [0.1, 0.15) is 11.3 Å². The molecule has 1 aliphatic rings. The lowest BCUT2D eigenvalue weighted by Gasteiger charge is -2.21. The first-order chi connectivity index (χ1) is 15.0. The van der Waals surface area contributed by atoms with Gasteiger partial charge in [-0.15, -0.1) is 0 Å². The second kappa shape index (κ2) is 8.44. The number of esters is 1. The average molecular weight is 415 g/mol. The first-order valence-corrected chi connectivity index (χ1v) is 10.1. The lowest BCUT2D eigenvalue weighted by Crippen LogP contribution is -2.46. The van der Waals surface area contributed by atoms with E-state index in [2.05, 4.69) is 16.4 Å². The molecule has 7 heteroatoms. The van der Waals surface area contributed by atoms with E-state index in [1.165, 1.54) is 0 Å². The van der Waals surface area contributed by atoms with E-state index in [1.54, 1.807) is 48.5 Å². The molecule has 0 unspecified atom stereocenters. The van der Waals surface area contributed by atoms with Crippen LogP contribution in [-0.2, 0) is 9.53 Å². The third-order valence-electron chi connectivity index (χ3n) is 5.48. The Balaban J connectivity index is 1.56. The highest BCUT2D eigenvalue weighted by molar-refractivity contribution is 6.05. The number of nitrogens with zero attached hydrogens (tertiary/aromatic N) is 2. The van der Waals surface area contributed by atoms with E-state index in [0.717, 1.165) is 18.4 Å². The zero-order valence-electron chi connectivity index (χ0n) is 16.8. The van der Waals surface area contributed by atoms with Gasteiger partial charge in [0.25, 0.3) is 5.91 Å². The fraction of sp³-hybridized carbons (Fsp3) is 0.250. The maximum atomic E-state index is 12.9. The van der Waals surface area contributed by atoms with Crippen LogP contribution in [0.3, 0.4) is 0 Å². The topological polar surface area (TPSA) is 112 Å². The number of ether oxygens (including phenoxy) is 1. The normalized spacial score (nSPS) is 14.7. The highest BCUT2D eigenvalue weighted by Crippen LogP contribution is 2.29. The summed E-state index contributed by atoms with van der Waals surface area (Å²) in [5, 5.41) is 22.3. The van der Waals surface area contributed by atoms with Crippen molar-refractivity contribution in [3.05, 3.63) is 60.2 Å². The third kappa shape index (κ3) is 4.33. The molecule has 31 heavy (non-hydrogen) atoms. The van der Waals surface area contributed by atoms with Crippen molar-refractivity contribution in [3.8, 4) is 23.1 Å². The van der Waals surface area contributed by atoms with E-state index in [0.29, 0.717) is 29.4 Å². The Hall–Kier alpha value is -3.92. The van der Waals surface area contributed by atoms with Gasteiger partial charge in [-0.3, -0.25) is 4.79 Å². The van der Waals surface area contributed by atoms with Crippen molar-refractivity contribution in [2.45, 2.75) is 31.2 Å². The maximum Gasteiger partial charge on any atom is 0.339 e. The molecular formula is C24H21N3O4. The monoisotopic (exact) mass is 415 g/mol. The standard InChI is InChI=1S/C24H21N3O4/c25-15-24(11-3-4-12-24)27-22(29)14-31-23(30)19-13-21(16-7-9-17(28)10-8-16)26-20-6-2-1-5-18(19)20/h1-2,5-10,13,28H,3-4,11-12,14H2,(H,27,29). The van der Waals surface area contributed by atoms with E-state index in [9.17, 15) is 20.0 Å². The number of rotatable bonds is 5. The molecule has 3 aromatic rings. The molecule has 1 saturated carbocycles. The lowest BCUT2D eigenvalue weighted by atomic mass is 10.00. The number of benzene rings is 2. The quantitative estimate of drug-likeness (QED) is 0.614. The highest BCUT2D eigenvalue weighted by Gasteiger charge is 2.35. The molecule has 0 saturated heterocycles. The Labute approximate surface area is 179 Å². The molecule has 2 aromatic carbocycles. The number of amides is 1. The van der Waals surface area contributed by atoms with Crippen LogP contribution in [0.5, 0.6) is 5.75 Å². The molecule has 156 valence electrons. The zero-order valence-corrected chi connectivity index (χ0v) is 16.8. The minimum atomic E-state index is -0.862. The summed E-state index contributed by atoms with van der Waals surface area (Å²) in [4.78, 5) is 29.8. The van der Waals surface area contributed by atoms with Crippen molar-refractivity contribution in [1.29, 1.82) is 5.26 Å². The first kappa shape index (κ1) is 20.4. The van der Waals surface area contributed by atoms with Gasteiger partial charge >= 0.3 is 5.97 Å². The Morgan fingerprint density at radius 1 is 1.13 bits per heavy atom. The average Bonchev–Trinajstić information content (AvgIpc) is 3.26. The maximum absolute atomic E-state index is 12.9. The summed E-state index contributed by atoms with van der Waals surface area (Å²) in [6.07, 6.45) is 2.98. The van der Waals surface area contributed by atoms with Crippen molar-refractivity contribution >= 4 is 22.8 Å². The minimum Gasteiger partial charge on any atom is -0.508 e. The molecule has 0 spiro atoms. The molecule has 1 fully saturated rings. The van der Waals surface area contributed by atoms with Crippen molar-refractivity contribution in [1.82, 2.24) is 10.3 Å². The van der Waals surface area contributed by atoms with E-state index < -0.39 is 24.0 Å². The molecule has 0 radical (unpaired) electrons. The number of aromatic nitrogens is 1. The predicted octanol–water partition coefficient (Wildman–Crippen LogP) is 3.72. The van der Waals surface area contributed by atoms with Gasteiger partial charge in [0.2, 0.25) is 0 Å². The third-order valence-corrected chi connectivity index (χ3v) is 5.48. The summed E-state index contributed by atoms with van der Waals surface area (Å²) in [6.45, 7) is -0.465. The summed E-state index contributed by atoms with van der Waals surface area (Å²) >= 11 is 0. The van der Waals surface area contributed by atoms with Crippen molar-refractivity contribution in [2.24, 2.45) is 0 Å². The number of hydrogen-bond donors (Lipinski definition) is 2. The summed E-state index contributed by atoms with van der Waals surface area (Å²) in [5.41, 5.74) is 1.31. The van der Waals surface area contributed by atoms with Crippen LogP contribution in [0.2, 0.25) is 0 Å². The summed E-state index contributed by atoms with van der Waals surface area (Å²) < 4.78 is 5.28. The molecule has 1 aliphatic carbocycles. The molecule has 1 heterocycles. The van der Waals surface area contributed by atoms with Gasteiger partial charge in [0.05, 0.1) is 22.8 Å². The molecule has 4 rings (SSSR count). The molecule has 7 nitrogen and oxygen atoms in total. The fourth-order valence-electron chi connectivity index (χ4n) is 3.88. The van der Waals surface area contributed by atoms with Gasteiger partial charge in [-0.05, 0) is 62.1 Å². The highest BCUT2D eigenvalue weighted by atomic mass is 16.5. The van der Waals surface area contributed by atoms with Crippen LogP contribution in [0.1, 0.15) is 36.0 Å². The number of para-hydroxylation sites is 1. The number of carbonyl (C=O) groups excluding carboxylic acids is 2. The van der Waals surface area contributed by atoms with Crippen molar-refractivity contribution in [3.63, 3.8) is 0 Å². The molecule has 1 aromatic heterocycles. The lowest BCUT2D eigenvalue weighted by molar-refractivity contribution is -0.125. The number of aromatic hydroxyl groups is 1. The van der Waals surface area contributed by atoms with E-state index in [4.69, 9.17) is 4.74 Å². The van der Waals surface area contributed by atoms with Gasteiger partial charge < -0.3 is 15.2 Å². The molecule has 0 aliphatic heterocycles. The fourth-order valence-corrected chi connectivity index (χ4v) is 3.88. The van der Waals surface area contributed by atoms with Crippen LogP contribution in [-0.4, -0.2) is 34.1 Å². The van der Waals surface area contributed by atoms with E-state index >= 15 is 0 Å². The Morgan fingerprint density at radius 2 is 1.84 bits per heavy atom. The molecule has 0 atom stereocenters. The minimum absolute atomic E-state index is 0.132. The van der Waals surface area contributed by atoms with Crippen LogP contribution < -0.4 is 5.32 Å². The largest absolute Gasteiger partial charge is 0.508 e. The number of fused-ring (bicyclic) bond motifs is 1. The summed E-state index contributed by atoms with van der Waals surface area (Å²) in [5.74, 6) is -1.01.